The second kappa shape index (κ2) is 16.7. The van der Waals surface area contributed by atoms with Crippen molar-refractivity contribution in [3.8, 4) is 67.0 Å². The van der Waals surface area contributed by atoms with E-state index in [2.05, 4.69) is 156 Å². The maximum atomic E-state index is 5.67. The van der Waals surface area contributed by atoms with Gasteiger partial charge in [0.2, 0.25) is 0 Å². The molecule has 8 heterocycles. The van der Waals surface area contributed by atoms with Crippen LogP contribution in [0.15, 0.2) is 231 Å². The molecule has 0 saturated carbocycles. The van der Waals surface area contributed by atoms with Crippen molar-refractivity contribution in [2.45, 2.75) is 0 Å². The topological polar surface area (TPSA) is 103 Å². The van der Waals surface area contributed by atoms with E-state index in [1.807, 2.05) is 73.3 Å². The number of rotatable bonds is 6. The van der Waals surface area contributed by atoms with E-state index in [4.69, 9.17) is 29.9 Å². The maximum absolute atomic E-state index is 5.67. The van der Waals surface area contributed by atoms with Crippen LogP contribution in [0.3, 0.4) is 0 Å². The van der Waals surface area contributed by atoms with Gasteiger partial charge in [0.05, 0.1) is 33.5 Å². The van der Waals surface area contributed by atoms with Crippen LogP contribution in [0.5, 0.6) is 0 Å². The summed E-state index contributed by atoms with van der Waals surface area (Å²) in [5, 5.41) is 10.4. The van der Waals surface area contributed by atoms with E-state index >= 15 is 0 Å². The van der Waals surface area contributed by atoms with Crippen LogP contribution in [0, 0.1) is 0 Å². The van der Waals surface area contributed by atoms with Crippen molar-refractivity contribution in [1.29, 1.82) is 0 Å². The fourth-order valence-corrected chi connectivity index (χ4v) is 11.0. The first-order valence-corrected chi connectivity index (χ1v) is 24.6. The molecule has 0 atom stereocenters. The monoisotopic (exact) mass is 942 g/mol. The third-order valence-electron chi connectivity index (χ3n) is 14.5. The molecular formula is C66H38N8. The molecule has 8 nitrogen and oxygen atoms in total. The van der Waals surface area contributed by atoms with E-state index in [1.165, 1.54) is 0 Å². The Balaban J connectivity index is 0.995. The van der Waals surface area contributed by atoms with E-state index in [-0.39, 0.29) is 0 Å². The third kappa shape index (κ3) is 6.84. The van der Waals surface area contributed by atoms with Gasteiger partial charge in [-0.05, 0) is 163 Å². The molecule has 15 rings (SSSR count). The van der Waals surface area contributed by atoms with E-state index in [0.29, 0.717) is 11.3 Å². The summed E-state index contributed by atoms with van der Waals surface area (Å²) in [6, 6.07) is 68.6. The standard InChI is InChI=1S/C66H38N8/c1-5-45-35-43(39-25-31-67-32-26-39)11-17-51(45)49(9-1)47-13-19-53-59(37-47)71-63-55(61(53)57-23-15-41-7-3-29-69-65(41)73-57)21-22-56-62(58-24-16-42-8-4-30-70-66(42)74-58)54-20-14-48(38-60(54)72-64(56)63)50-10-2-6-46-36-44(12-18-52(46)50)40-27-33-68-34-28-40/h1-38H. The molecule has 0 radical (unpaired) electrons. The van der Waals surface area contributed by atoms with Gasteiger partial charge in [-0.25, -0.2) is 29.9 Å². The Labute approximate surface area is 423 Å². The second-order valence-corrected chi connectivity index (χ2v) is 18.7. The van der Waals surface area contributed by atoms with Crippen LogP contribution in [-0.4, -0.2) is 39.9 Å². The molecule has 0 aliphatic rings. The Bertz CT molecular complexity index is 4490. The van der Waals surface area contributed by atoms with Gasteiger partial charge < -0.3 is 0 Å². The summed E-state index contributed by atoms with van der Waals surface area (Å²) in [7, 11) is 0. The van der Waals surface area contributed by atoms with Crippen molar-refractivity contribution < 1.29 is 0 Å². The summed E-state index contributed by atoms with van der Waals surface area (Å²) >= 11 is 0. The average molecular weight is 943 g/mol. The smallest absolute Gasteiger partial charge is 0.159 e. The van der Waals surface area contributed by atoms with Crippen LogP contribution in [-0.2, 0) is 0 Å². The van der Waals surface area contributed by atoms with Gasteiger partial charge in [0, 0.05) is 80.6 Å². The summed E-state index contributed by atoms with van der Waals surface area (Å²) in [6.45, 7) is 0. The van der Waals surface area contributed by atoms with Crippen molar-refractivity contribution in [2.75, 3.05) is 0 Å². The van der Waals surface area contributed by atoms with Gasteiger partial charge in [-0.2, -0.15) is 0 Å². The number of aromatic nitrogens is 8. The lowest BCUT2D eigenvalue weighted by molar-refractivity contribution is 1.29. The minimum Gasteiger partial charge on any atom is -0.265 e. The first-order chi connectivity index (χ1) is 36.6. The Morgan fingerprint density at radius 2 is 0.676 bits per heavy atom. The van der Waals surface area contributed by atoms with Crippen molar-refractivity contribution >= 4 is 87.2 Å². The lowest BCUT2D eigenvalue weighted by Gasteiger charge is -2.17. The number of nitrogens with zero attached hydrogens (tertiary/aromatic N) is 8. The number of hydrogen-bond donors (Lipinski definition) is 0. The van der Waals surface area contributed by atoms with E-state index in [9.17, 15) is 0 Å². The first kappa shape index (κ1) is 41.6. The summed E-state index contributed by atoms with van der Waals surface area (Å²) in [4.78, 5) is 39.7. The van der Waals surface area contributed by atoms with Gasteiger partial charge in [0.25, 0.3) is 0 Å². The van der Waals surface area contributed by atoms with Crippen LogP contribution in [0.2, 0.25) is 0 Å². The van der Waals surface area contributed by atoms with Crippen LogP contribution < -0.4 is 0 Å². The molecule has 74 heavy (non-hydrogen) atoms. The molecule has 0 fully saturated rings. The lowest BCUT2D eigenvalue weighted by atomic mass is 9.91. The minimum absolute atomic E-state index is 0.680. The molecular weight excluding hydrogens is 905 g/mol. The summed E-state index contributed by atoms with van der Waals surface area (Å²) in [5.41, 5.74) is 17.0. The van der Waals surface area contributed by atoms with Crippen LogP contribution >= 0.6 is 0 Å². The molecule has 8 heteroatoms. The highest BCUT2D eigenvalue weighted by Crippen LogP contribution is 2.44. The molecule has 342 valence electrons. The van der Waals surface area contributed by atoms with Crippen LogP contribution in [0.25, 0.3) is 154 Å². The zero-order valence-corrected chi connectivity index (χ0v) is 39.5. The van der Waals surface area contributed by atoms with Gasteiger partial charge in [0.1, 0.15) is 0 Å². The Hall–Kier alpha value is -10.2. The molecule has 0 saturated heterocycles. The molecule has 0 unspecified atom stereocenters. The molecule has 0 aliphatic carbocycles. The Morgan fingerprint density at radius 1 is 0.257 bits per heavy atom. The molecule has 15 aromatic rings. The highest BCUT2D eigenvalue weighted by Gasteiger charge is 2.22. The first-order valence-electron chi connectivity index (χ1n) is 24.6. The van der Waals surface area contributed by atoms with Crippen molar-refractivity contribution in [1.82, 2.24) is 39.9 Å². The van der Waals surface area contributed by atoms with Gasteiger partial charge in [0.15, 0.2) is 11.3 Å². The minimum atomic E-state index is 0.680. The van der Waals surface area contributed by atoms with Crippen LogP contribution in [0.4, 0.5) is 0 Å². The third-order valence-corrected chi connectivity index (χ3v) is 14.5. The molecule has 8 aromatic heterocycles. The largest absolute Gasteiger partial charge is 0.265 e. The molecule has 7 aromatic carbocycles. The molecule has 0 spiro atoms. The van der Waals surface area contributed by atoms with Crippen molar-refractivity contribution in [3.05, 3.63) is 231 Å². The van der Waals surface area contributed by atoms with Crippen LogP contribution in [0.1, 0.15) is 0 Å². The van der Waals surface area contributed by atoms with Gasteiger partial charge in [-0.3, -0.25) is 9.97 Å². The maximum Gasteiger partial charge on any atom is 0.159 e. The normalized spacial score (nSPS) is 11.8. The molecule has 0 bridgehead atoms. The predicted molar refractivity (Wildman–Crippen MR) is 301 cm³/mol. The van der Waals surface area contributed by atoms with E-state index in [1.54, 1.807) is 12.4 Å². The van der Waals surface area contributed by atoms with Crippen molar-refractivity contribution in [2.24, 2.45) is 0 Å². The second-order valence-electron chi connectivity index (χ2n) is 18.7. The molecule has 0 aliphatic heterocycles. The number of benzene rings is 7. The highest BCUT2D eigenvalue weighted by molar-refractivity contribution is 6.21. The van der Waals surface area contributed by atoms with Gasteiger partial charge >= 0.3 is 0 Å². The Kier molecular flexibility index (Phi) is 9.40. The number of hydrogen-bond acceptors (Lipinski definition) is 8. The zero-order valence-electron chi connectivity index (χ0n) is 39.5. The summed E-state index contributed by atoms with van der Waals surface area (Å²) < 4.78 is 0. The average Bonchev–Trinajstić information content (AvgIpc) is 3.47. The lowest BCUT2D eigenvalue weighted by Crippen LogP contribution is -1.97. The number of pyridine rings is 8. The van der Waals surface area contributed by atoms with Crippen molar-refractivity contribution in [3.63, 3.8) is 0 Å². The zero-order chi connectivity index (χ0) is 48.7. The summed E-state index contributed by atoms with van der Waals surface area (Å²) in [6.07, 6.45) is 10.9. The fraction of sp³-hybridized carbons (Fsp3) is 0. The van der Waals surface area contributed by atoms with Gasteiger partial charge in [-0.15, -0.1) is 0 Å². The predicted octanol–water partition coefficient (Wildman–Crippen LogP) is 16.1. The van der Waals surface area contributed by atoms with E-state index < -0.39 is 0 Å². The SMILES string of the molecule is c1cnc2nc(-c3c4ccc(-c5cccc6cc(-c7ccncc7)ccc56)cc4nc4c3ccc3c(-c5ccc6cccnc6n5)c5ccc(-c6cccc7cc(-c8ccncc8)ccc67)cc5nc34)ccc2c1. The quantitative estimate of drug-likeness (QED) is 0.120. The summed E-state index contributed by atoms with van der Waals surface area (Å²) in [5.74, 6) is 0. The molecule has 0 amide bonds. The highest BCUT2D eigenvalue weighted by atomic mass is 14.9. The number of fused-ring (bicyclic) bond motifs is 9. The van der Waals surface area contributed by atoms with E-state index in [0.717, 1.165) is 143 Å². The molecule has 0 N–H and O–H groups in total. The van der Waals surface area contributed by atoms with Gasteiger partial charge in [-0.1, -0.05) is 97.1 Å². The Morgan fingerprint density at radius 3 is 1.15 bits per heavy atom. The fourth-order valence-electron chi connectivity index (χ4n) is 11.0.